The molecule has 5 heteroatoms. The maximum absolute atomic E-state index is 6.06. The van der Waals surface area contributed by atoms with Crippen LogP contribution in [0.15, 0.2) is 21.1 Å². The molecule has 2 rings (SSSR count). The first-order valence-electron chi connectivity index (χ1n) is 6.13. The number of hydrogen-bond donors (Lipinski definition) is 2. The van der Waals surface area contributed by atoms with Gasteiger partial charge in [-0.25, -0.2) is 0 Å². The minimum Gasteiger partial charge on any atom is -0.398 e. The van der Waals surface area contributed by atoms with Gasteiger partial charge in [-0.3, -0.25) is 0 Å². The molecule has 1 saturated carbocycles. The van der Waals surface area contributed by atoms with Crippen LogP contribution in [-0.2, 0) is 6.54 Å². The zero-order valence-electron chi connectivity index (χ0n) is 10.2. The number of rotatable bonds is 3. The van der Waals surface area contributed by atoms with Crippen LogP contribution in [0.3, 0.4) is 0 Å². The molecule has 1 fully saturated rings. The highest BCUT2D eigenvalue weighted by Gasteiger charge is 2.13. The van der Waals surface area contributed by atoms with E-state index in [4.69, 9.17) is 5.73 Å². The van der Waals surface area contributed by atoms with E-state index in [2.05, 4.69) is 43.2 Å². The van der Waals surface area contributed by atoms with Crippen LogP contribution in [0.5, 0.6) is 0 Å². The van der Waals surface area contributed by atoms with Crippen LogP contribution in [0.4, 0.5) is 5.69 Å². The summed E-state index contributed by atoms with van der Waals surface area (Å²) >= 11 is 6.98. The van der Waals surface area contributed by atoms with Crippen molar-refractivity contribution in [2.24, 2.45) is 0 Å². The highest BCUT2D eigenvalue weighted by atomic mass is 79.9. The monoisotopic (exact) mass is 396 g/mol. The van der Waals surface area contributed by atoms with Gasteiger partial charge in [-0.05, 0) is 46.5 Å². The minimum absolute atomic E-state index is 0. The zero-order valence-corrected chi connectivity index (χ0v) is 14.2. The van der Waals surface area contributed by atoms with Crippen molar-refractivity contribution in [3.8, 4) is 0 Å². The summed E-state index contributed by atoms with van der Waals surface area (Å²) in [5.74, 6) is 0. The summed E-state index contributed by atoms with van der Waals surface area (Å²) in [6.45, 7) is 0.856. The molecule has 0 bridgehead atoms. The molecule has 0 saturated heterocycles. The Balaban J connectivity index is 0.00000162. The molecule has 0 radical (unpaired) electrons. The Morgan fingerprint density at radius 2 is 1.83 bits per heavy atom. The largest absolute Gasteiger partial charge is 0.398 e. The lowest BCUT2D eigenvalue weighted by molar-refractivity contribution is 0.372. The molecule has 0 atom stereocenters. The second kappa shape index (κ2) is 7.73. The molecule has 0 amide bonds. The van der Waals surface area contributed by atoms with Gasteiger partial charge < -0.3 is 11.1 Å². The van der Waals surface area contributed by atoms with Crippen molar-refractivity contribution < 1.29 is 0 Å². The molecule has 18 heavy (non-hydrogen) atoms. The standard InChI is InChI=1S/C13H18Br2N2.ClH/c14-10-6-9(13(16)12(15)7-10)8-17-11-4-2-1-3-5-11;/h6-7,11,17H,1-5,8,16H2;1H. The summed E-state index contributed by atoms with van der Waals surface area (Å²) in [6, 6.07) is 4.75. The van der Waals surface area contributed by atoms with Crippen molar-refractivity contribution in [1.29, 1.82) is 0 Å². The third kappa shape index (κ3) is 4.41. The van der Waals surface area contributed by atoms with Crippen LogP contribution in [0, 0.1) is 0 Å². The van der Waals surface area contributed by atoms with Crippen LogP contribution in [0.1, 0.15) is 37.7 Å². The molecule has 0 aliphatic heterocycles. The van der Waals surface area contributed by atoms with Gasteiger partial charge >= 0.3 is 0 Å². The van der Waals surface area contributed by atoms with E-state index in [1.165, 1.54) is 32.1 Å². The van der Waals surface area contributed by atoms with Crippen LogP contribution in [0.2, 0.25) is 0 Å². The molecule has 0 aromatic heterocycles. The first-order valence-corrected chi connectivity index (χ1v) is 7.72. The second-order valence-corrected chi connectivity index (χ2v) is 6.45. The third-order valence-electron chi connectivity index (χ3n) is 3.37. The Hall–Kier alpha value is 0.230. The van der Waals surface area contributed by atoms with Crippen LogP contribution in [-0.4, -0.2) is 6.04 Å². The molecule has 1 aliphatic carbocycles. The smallest absolute Gasteiger partial charge is 0.0504 e. The molecular formula is C13H19Br2ClN2. The summed E-state index contributed by atoms with van der Waals surface area (Å²) in [4.78, 5) is 0. The van der Waals surface area contributed by atoms with Crippen LogP contribution >= 0.6 is 44.3 Å². The van der Waals surface area contributed by atoms with Gasteiger partial charge in [0, 0.05) is 21.5 Å². The van der Waals surface area contributed by atoms with Gasteiger partial charge in [-0.1, -0.05) is 35.2 Å². The predicted octanol–water partition coefficient (Wildman–Crippen LogP) is 4.64. The van der Waals surface area contributed by atoms with E-state index in [0.717, 1.165) is 26.7 Å². The molecular weight excluding hydrogens is 379 g/mol. The molecule has 0 unspecified atom stereocenters. The van der Waals surface area contributed by atoms with E-state index in [9.17, 15) is 0 Å². The maximum Gasteiger partial charge on any atom is 0.0504 e. The first-order chi connectivity index (χ1) is 8.16. The average Bonchev–Trinajstić information content (AvgIpc) is 2.33. The average molecular weight is 399 g/mol. The second-order valence-electron chi connectivity index (χ2n) is 4.68. The molecule has 0 heterocycles. The number of benzene rings is 1. The minimum atomic E-state index is 0. The summed E-state index contributed by atoms with van der Waals surface area (Å²) in [5, 5.41) is 3.61. The maximum atomic E-state index is 6.06. The fourth-order valence-electron chi connectivity index (χ4n) is 2.35. The first kappa shape index (κ1) is 16.3. The van der Waals surface area contributed by atoms with Gasteiger partial charge in [0.15, 0.2) is 0 Å². The molecule has 3 N–H and O–H groups in total. The van der Waals surface area contributed by atoms with E-state index in [1.807, 2.05) is 6.07 Å². The Bertz CT molecular complexity index is 393. The van der Waals surface area contributed by atoms with Crippen molar-refractivity contribution in [1.82, 2.24) is 5.32 Å². The van der Waals surface area contributed by atoms with E-state index >= 15 is 0 Å². The molecule has 102 valence electrons. The Labute approximate surface area is 132 Å². The highest BCUT2D eigenvalue weighted by Crippen LogP contribution is 2.28. The molecule has 2 nitrogen and oxygen atoms in total. The fourth-order valence-corrected chi connectivity index (χ4v) is 3.66. The van der Waals surface area contributed by atoms with Gasteiger partial charge in [0.25, 0.3) is 0 Å². The van der Waals surface area contributed by atoms with E-state index in [-0.39, 0.29) is 12.4 Å². The van der Waals surface area contributed by atoms with Gasteiger partial charge in [0.2, 0.25) is 0 Å². The Morgan fingerprint density at radius 3 is 2.50 bits per heavy atom. The summed E-state index contributed by atoms with van der Waals surface area (Å²) < 4.78 is 2.03. The lowest BCUT2D eigenvalue weighted by Gasteiger charge is -2.23. The number of nitrogen functional groups attached to an aromatic ring is 1. The summed E-state index contributed by atoms with van der Waals surface area (Å²) in [7, 11) is 0. The summed E-state index contributed by atoms with van der Waals surface area (Å²) in [5.41, 5.74) is 8.07. The number of nitrogens with one attached hydrogen (secondary N) is 1. The lowest BCUT2D eigenvalue weighted by atomic mass is 9.95. The normalized spacial score (nSPS) is 16.3. The van der Waals surface area contributed by atoms with Crippen molar-refractivity contribution in [3.63, 3.8) is 0 Å². The SMILES string of the molecule is Cl.Nc1c(Br)cc(Br)cc1CNC1CCCCC1. The molecule has 1 aromatic carbocycles. The quantitative estimate of drug-likeness (QED) is 0.728. The Kier molecular flexibility index (Phi) is 6.99. The van der Waals surface area contributed by atoms with E-state index in [0.29, 0.717) is 6.04 Å². The van der Waals surface area contributed by atoms with Crippen LogP contribution in [0.25, 0.3) is 0 Å². The number of halogens is 3. The van der Waals surface area contributed by atoms with Crippen molar-refractivity contribution in [2.45, 2.75) is 44.7 Å². The van der Waals surface area contributed by atoms with Gasteiger partial charge in [0.05, 0.1) is 5.69 Å². The number of hydrogen-bond acceptors (Lipinski definition) is 2. The number of nitrogens with two attached hydrogens (primary N) is 1. The van der Waals surface area contributed by atoms with Crippen molar-refractivity contribution in [3.05, 3.63) is 26.6 Å². The number of anilines is 1. The third-order valence-corrected chi connectivity index (χ3v) is 4.48. The van der Waals surface area contributed by atoms with Gasteiger partial charge in [0.1, 0.15) is 0 Å². The van der Waals surface area contributed by atoms with Gasteiger partial charge in [-0.15, -0.1) is 12.4 Å². The Morgan fingerprint density at radius 1 is 1.17 bits per heavy atom. The summed E-state index contributed by atoms with van der Waals surface area (Å²) in [6.07, 6.45) is 6.71. The van der Waals surface area contributed by atoms with Crippen molar-refractivity contribution >= 4 is 50.0 Å². The fraction of sp³-hybridized carbons (Fsp3) is 0.538. The molecule has 0 spiro atoms. The lowest BCUT2D eigenvalue weighted by Crippen LogP contribution is -2.30. The predicted molar refractivity (Wildman–Crippen MR) is 87.2 cm³/mol. The van der Waals surface area contributed by atoms with E-state index in [1.54, 1.807) is 0 Å². The zero-order chi connectivity index (χ0) is 12.3. The van der Waals surface area contributed by atoms with Crippen LogP contribution < -0.4 is 11.1 Å². The van der Waals surface area contributed by atoms with Crippen molar-refractivity contribution in [2.75, 3.05) is 5.73 Å². The molecule has 1 aliphatic rings. The highest BCUT2D eigenvalue weighted by molar-refractivity contribution is 9.11. The van der Waals surface area contributed by atoms with E-state index < -0.39 is 0 Å². The van der Waals surface area contributed by atoms with Gasteiger partial charge in [-0.2, -0.15) is 0 Å². The molecule has 1 aromatic rings. The topological polar surface area (TPSA) is 38.0 Å².